The molecule has 1 saturated heterocycles. The minimum Gasteiger partial charge on any atom is -0.375 e. The van der Waals surface area contributed by atoms with Crippen molar-refractivity contribution in [2.24, 2.45) is 0 Å². The number of benzene rings is 2. The zero-order chi connectivity index (χ0) is 19.8. The molecule has 0 atom stereocenters. The van der Waals surface area contributed by atoms with Crippen molar-refractivity contribution in [2.45, 2.75) is 43.1 Å². The molecule has 2 aliphatic rings. The summed E-state index contributed by atoms with van der Waals surface area (Å²) in [6, 6.07) is 15.8. The summed E-state index contributed by atoms with van der Waals surface area (Å²) in [6.45, 7) is 9.51. The van der Waals surface area contributed by atoms with E-state index in [-0.39, 0.29) is 12.4 Å². The number of fused-ring (bicyclic) bond motifs is 5. The average molecular weight is 458 g/mol. The van der Waals surface area contributed by atoms with Crippen molar-refractivity contribution >= 4 is 35.5 Å². The molecule has 1 aromatic heterocycles. The number of hydrogen-bond donors (Lipinski definition) is 0. The van der Waals surface area contributed by atoms with Crippen molar-refractivity contribution in [1.82, 2.24) is 4.90 Å². The first kappa shape index (κ1) is 21.9. The minimum absolute atomic E-state index is 0. The maximum atomic E-state index is 6.08. The molecule has 5 heteroatoms. The molecule has 0 unspecified atom stereocenters. The Balaban J connectivity index is 0.00000218. The molecule has 0 aliphatic carbocycles. The molecule has 0 radical (unpaired) electrons. The zero-order valence-corrected chi connectivity index (χ0v) is 20.0. The van der Waals surface area contributed by atoms with E-state index in [1.54, 1.807) is 0 Å². The second-order valence-electron chi connectivity index (χ2n) is 8.11. The van der Waals surface area contributed by atoms with Crippen LogP contribution < -0.4 is 0 Å². The van der Waals surface area contributed by atoms with Gasteiger partial charge in [0.25, 0.3) is 0 Å². The molecular weight excluding hydrogens is 430 g/mol. The van der Waals surface area contributed by atoms with Crippen LogP contribution >= 0.6 is 35.5 Å². The molecule has 5 rings (SSSR count). The van der Waals surface area contributed by atoms with Gasteiger partial charge in [-0.1, -0.05) is 41.6 Å². The minimum atomic E-state index is 0. The molecule has 0 N–H and O–H groups in total. The summed E-state index contributed by atoms with van der Waals surface area (Å²) in [5, 5.41) is 0. The van der Waals surface area contributed by atoms with Crippen LogP contribution in [-0.2, 0) is 11.3 Å². The van der Waals surface area contributed by atoms with E-state index in [0.717, 1.165) is 13.2 Å². The van der Waals surface area contributed by atoms with Crippen LogP contribution in [0.1, 0.15) is 28.8 Å². The van der Waals surface area contributed by atoms with E-state index in [1.165, 1.54) is 73.3 Å². The first-order valence-corrected chi connectivity index (χ1v) is 12.1. The van der Waals surface area contributed by atoms with Gasteiger partial charge in [0.2, 0.25) is 0 Å². The fourth-order valence-electron chi connectivity index (χ4n) is 4.43. The van der Waals surface area contributed by atoms with E-state index in [4.69, 9.17) is 4.74 Å². The van der Waals surface area contributed by atoms with Gasteiger partial charge in [-0.2, -0.15) is 0 Å². The molecule has 0 spiro atoms. The molecule has 0 saturated carbocycles. The molecule has 3 heterocycles. The lowest BCUT2D eigenvalue weighted by Crippen LogP contribution is -2.23. The van der Waals surface area contributed by atoms with Gasteiger partial charge in [-0.3, -0.25) is 0 Å². The van der Waals surface area contributed by atoms with Gasteiger partial charge >= 0.3 is 0 Å². The lowest BCUT2D eigenvalue weighted by Gasteiger charge is -2.14. The summed E-state index contributed by atoms with van der Waals surface area (Å²) < 4.78 is 6.08. The predicted molar refractivity (Wildman–Crippen MR) is 131 cm³/mol. The fourth-order valence-corrected chi connectivity index (χ4v) is 6.77. The first-order chi connectivity index (χ1) is 14.2. The molecule has 158 valence electrons. The second-order valence-corrected chi connectivity index (χ2v) is 10.3. The van der Waals surface area contributed by atoms with Crippen LogP contribution in [0.5, 0.6) is 0 Å². The second kappa shape index (κ2) is 9.46. The molecule has 0 bridgehead atoms. The Labute approximate surface area is 194 Å². The number of aryl methyl sites for hydroxylation is 2. The van der Waals surface area contributed by atoms with Gasteiger partial charge in [-0.05, 0) is 69.1 Å². The molecule has 2 aliphatic heterocycles. The van der Waals surface area contributed by atoms with Crippen LogP contribution in [0, 0.1) is 13.8 Å². The highest BCUT2D eigenvalue weighted by Gasteiger charge is 2.24. The fraction of sp³-hybridized carbons (Fsp3) is 0.360. The van der Waals surface area contributed by atoms with Crippen molar-refractivity contribution in [2.75, 3.05) is 26.2 Å². The van der Waals surface area contributed by atoms with Gasteiger partial charge in [-0.15, -0.1) is 23.7 Å². The van der Waals surface area contributed by atoms with Crippen LogP contribution in [0.2, 0.25) is 0 Å². The Kier molecular flexibility index (Phi) is 6.91. The van der Waals surface area contributed by atoms with Gasteiger partial charge in [-0.25, -0.2) is 0 Å². The summed E-state index contributed by atoms with van der Waals surface area (Å²) in [5.41, 5.74) is 6.78. The maximum absolute atomic E-state index is 6.08. The van der Waals surface area contributed by atoms with Crippen molar-refractivity contribution in [3.8, 4) is 21.6 Å². The highest BCUT2D eigenvalue weighted by atomic mass is 35.5. The number of ether oxygens (including phenoxy) is 1. The van der Waals surface area contributed by atoms with Crippen LogP contribution in [0.25, 0.3) is 21.6 Å². The van der Waals surface area contributed by atoms with Gasteiger partial charge < -0.3 is 9.64 Å². The number of halogens is 1. The first-order valence-electron chi connectivity index (χ1n) is 10.5. The lowest BCUT2D eigenvalue weighted by molar-refractivity contribution is 0.101. The smallest absolute Gasteiger partial charge is 0.0810 e. The highest BCUT2D eigenvalue weighted by molar-refractivity contribution is 7.99. The third kappa shape index (κ3) is 4.35. The molecule has 1 fully saturated rings. The average Bonchev–Trinajstić information content (AvgIpc) is 3.35. The topological polar surface area (TPSA) is 12.5 Å². The highest BCUT2D eigenvalue weighted by Crippen LogP contribution is 2.52. The summed E-state index contributed by atoms with van der Waals surface area (Å²) in [4.78, 5) is 7.97. The Morgan fingerprint density at radius 3 is 2.60 bits per heavy atom. The van der Waals surface area contributed by atoms with Gasteiger partial charge in [0.05, 0.1) is 13.2 Å². The monoisotopic (exact) mass is 457 g/mol. The largest absolute Gasteiger partial charge is 0.375 e. The Morgan fingerprint density at radius 1 is 0.967 bits per heavy atom. The Hall–Kier alpha value is -1.30. The SMILES string of the molecule is Cc1cc(C)c2c(c1)-c1sc(COCCN3CCCC3)cc1-c1ccccc1S2.Cl. The van der Waals surface area contributed by atoms with Crippen LogP contribution in [0.3, 0.4) is 0 Å². The van der Waals surface area contributed by atoms with Crippen LogP contribution in [0.4, 0.5) is 0 Å². The van der Waals surface area contributed by atoms with E-state index < -0.39 is 0 Å². The van der Waals surface area contributed by atoms with E-state index in [0.29, 0.717) is 6.61 Å². The molecule has 2 nitrogen and oxygen atoms in total. The number of nitrogens with zero attached hydrogens (tertiary/aromatic N) is 1. The summed E-state index contributed by atoms with van der Waals surface area (Å²) >= 11 is 3.81. The number of likely N-dealkylation sites (tertiary alicyclic amines) is 1. The number of rotatable bonds is 5. The molecule has 0 amide bonds. The third-order valence-corrected chi connectivity index (χ3v) is 8.29. The van der Waals surface area contributed by atoms with Crippen molar-refractivity contribution in [3.63, 3.8) is 0 Å². The third-order valence-electron chi connectivity index (χ3n) is 5.83. The molecular formula is C25H28ClNOS2. The van der Waals surface area contributed by atoms with Crippen molar-refractivity contribution in [3.05, 3.63) is 58.5 Å². The maximum Gasteiger partial charge on any atom is 0.0810 e. The van der Waals surface area contributed by atoms with E-state index in [1.807, 2.05) is 23.1 Å². The van der Waals surface area contributed by atoms with Gasteiger partial charge in [0.15, 0.2) is 0 Å². The van der Waals surface area contributed by atoms with Gasteiger partial charge in [0, 0.05) is 37.2 Å². The summed E-state index contributed by atoms with van der Waals surface area (Å²) in [6.07, 6.45) is 2.68. The van der Waals surface area contributed by atoms with E-state index in [9.17, 15) is 0 Å². The quantitative estimate of drug-likeness (QED) is 0.294. The van der Waals surface area contributed by atoms with Crippen LogP contribution in [-0.4, -0.2) is 31.1 Å². The number of hydrogen-bond acceptors (Lipinski definition) is 4. The Morgan fingerprint density at radius 2 is 1.77 bits per heavy atom. The summed E-state index contributed by atoms with van der Waals surface area (Å²) in [5.74, 6) is 0. The number of thiophene rings is 1. The van der Waals surface area contributed by atoms with Crippen LogP contribution in [0.15, 0.2) is 52.3 Å². The molecule has 30 heavy (non-hydrogen) atoms. The standard InChI is InChI=1S/C25H27NOS2.ClH/c1-17-13-18(2)24-22(14-17)25-21(20-7-3-4-8-23(20)29-24)15-19(28-25)16-27-12-11-26-9-5-6-10-26;/h3-4,7-8,13-15H,5-6,9-12,16H2,1-2H3;1H. The normalized spacial score (nSPS) is 15.1. The Bertz CT molecular complexity index is 1040. The lowest BCUT2D eigenvalue weighted by atomic mass is 10.00. The molecule has 3 aromatic rings. The molecule has 2 aromatic carbocycles. The van der Waals surface area contributed by atoms with Crippen molar-refractivity contribution in [1.29, 1.82) is 0 Å². The van der Waals surface area contributed by atoms with Gasteiger partial charge in [0.1, 0.15) is 0 Å². The summed E-state index contributed by atoms with van der Waals surface area (Å²) in [7, 11) is 0. The van der Waals surface area contributed by atoms with E-state index in [2.05, 4.69) is 61.2 Å². The van der Waals surface area contributed by atoms with Crippen molar-refractivity contribution < 1.29 is 4.74 Å². The predicted octanol–water partition coefficient (Wildman–Crippen LogP) is 7.20. The van der Waals surface area contributed by atoms with E-state index >= 15 is 0 Å². The zero-order valence-electron chi connectivity index (χ0n) is 17.6.